The third kappa shape index (κ3) is 3.11. The predicted octanol–water partition coefficient (Wildman–Crippen LogP) is 3.89. The van der Waals surface area contributed by atoms with Crippen LogP contribution >= 0.6 is 0 Å². The van der Waals surface area contributed by atoms with Gasteiger partial charge < -0.3 is 10.4 Å². The van der Waals surface area contributed by atoms with Gasteiger partial charge in [0, 0.05) is 11.7 Å². The van der Waals surface area contributed by atoms with Crippen LogP contribution in [0.25, 0.3) is 0 Å². The molecule has 0 aliphatic heterocycles. The molecule has 20 heavy (non-hydrogen) atoms. The third-order valence-electron chi connectivity index (χ3n) is 4.26. The zero-order chi connectivity index (χ0) is 14.9. The predicted molar refractivity (Wildman–Crippen MR) is 80.3 cm³/mol. The molecule has 2 rings (SSSR count). The molecule has 1 unspecified atom stereocenters. The molecule has 4 nitrogen and oxygen atoms in total. The number of nitrogens with one attached hydrogen (secondary N) is 1. The Kier molecular flexibility index (Phi) is 4.02. The Morgan fingerprint density at radius 3 is 2.65 bits per heavy atom. The maximum Gasteiger partial charge on any atom is 0.335 e. The van der Waals surface area contributed by atoms with Crippen molar-refractivity contribution in [1.29, 1.82) is 0 Å². The van der Waals surface area contributed by atoms with Crippen molar-refractivity contribution in [2.75, 3.05) is 5.32 Å². The highest BCUT2D eigenvalue weighted by molar-refractivity contribution is 5.88. The molecule has 1 atom stereocenters. The normalized spacial score (nSPS) is 21.1. The van der Waals surface area contributed by atoms with Crippen LogP contribution in [0.5, 0.6) is 0 Å². The zero-order valence-electron chi connectivity index (χ0n) is 12.7. The molecule has 110 valence electrons. The SMILES string of the molecule is CC(C)c1cc(C(=O)O)cc(NC2CCCC2(C)C)n1. The molecule has 2 N–H and O–H groups in total. The van der Waals surface area contributed by atoms with Gasteiger partial charge >= 0.3 is 5.97 Å². The van der Waals surface area contributed by atoms with E-state index in [1.54, 1.807) is 12.1 Å². The van der Waals surface area contributed by atoms with E-state index in [9.17, 15) is 9.90 Å². The minimum atomic E-state index is -0.900. The summed E-state index contributed by atoms with van der Waals surface area (Å²) in [7, 11) is 0. The van der Waals surface area contributed by atoms with Crippen LogP contribution in [0.1, 0.15) is 68.9 Å². The monoisotopic (exact) mass is 276 g/mol. The molecule has 0 saturated heterocycles. The average molecular weight is 276 g/mol. The van der Waals surface area contributed by atoms with Crippen molar-refractivity contribution in [3.05, 3.63) is 23.4 Å². The summed E-state index contributed by atoms with van der Waals surface area (Å²) in [6.07, 6.45) is 3.52. The number of carbonyl (C=O) groups is 1. The molecule has 1 fully saturated rings. The van der Waals surface area contributed by atoms with Gasteiger partial charge in [-0.3, -0.25) is 0 Å². The number of aromatic nitrogens is 1. The van der Waals surface area contributed by atoms with Crippen molar-refractivity contribution in [1.82, 2.24) is 4.98 Å². The molecule has 0 bridgehead atoms. The summed E-state index contributed by atoms with van der Waals surface area (Å²) in [5.74, 6) is 0.00282. The molecule has 1 aliphatic carbocycles. The Hall–Kier alpha value is -1.58. The van der Waals surface area contributed by atoms with Crippen LogP contribution in [0, 0.1) is 5.41 Å². The van der Waals surface area contributed by atoms with Crippen LogP contribution < -0.4 is 5.32 Å². The second kappa shape index (κ2) is 5.43. The number of anilines is 1. The third-order valence-corrected chi connectivity index (χ3v) is 4.26. The van der Waals surface area contributed by atoms with E-state index < -0.39 is 5.97 Å². The van der Waals surface area contributed by atoms with Gasteiger partial charge in [0.1, 0.15) is 5.82 Å². The number of nitrogens with zero attached hydrogens (tertiary/aromatic N) is 1. The molecule has 1 aromatic heterocycles. The van der Waals surface area contributed by atoms with Gasteiger partial charge in [-0.25, -0.2) is 9.78 Å². The maximum absolute atomic E-state index is 11.2. The van der Waals surface area contributed by atoms with Gasteiger partial charge in [-0.1, -0.05) is 34.1 Å². The quantitative estimate of drug-likeness (QED) is 0.875. The number of pyridine rings is 1. The van der Waals surface area contributed by atoms with Crippen LogP contribution in [0.4, 0.5) is 5.82 Å². The van der Waals surface area contributed by atoms with Crippen LogP contribution in [0.15, 0.2) is 12.1 Å². The van der Waals surface area contributed by atoms with E-state index in [1.165, 1.54) is 12.8 Å². The van der Waals surface area contributed by atoms with Crippen LogP contribution in [-0.4, -0.2) is 22.1 Å². The molecule has 1 aliphatic rings. The largest absolute Gasteiger partial charge is 0.478 e. The van der Waals surface area contributed by atoms with Crippen LogP contribution in [0.2, 0.25) is 0 Å². The Labute approximate surface area is 120 Å². The van der Waals surface area contributed by atoms with Gasteiger partial charge in [-0.05, 0) is 36.3 Å². The highest BCUT2D eigenvalue weighted by atomic mass is 16.4. The van der Waals surface area contributed by atoms with E-state index in [-0.39, 0.29) is 11.3 Å². The van der Waals surface area contributed by atoms with E-state index in [1.807, 2.05) is 13.8 Å². The number of carboxylic acids is 1. The highest BCUT2D eigenvalue weighted by Gasteiger charge is 2.34. The lowest BCUT2D eigenvalue weighted by Gasteiger charge is -2.28. The fraction of sp³-hybridized carbons (Fsp3) is 0.625. The molecule has 1 saturated carbocycles. The first-order valence-corrected chi connectivity index (χ1v) is 7.31. The number of carboxylic acid groups (broad SMARTS) is 1. The van der Waals surface area contributed by atoms with E-state index in [2.05, 4.69) is 24.1 Å². The Bertz CT molecular complexity index is 509. The molecule has 0 radical (unpaired) electrons. The average Bonchev–Trinajstić information content (AvgIpc) is 2.68. The zero-order valence-corrected chi connectivity index (χ0v) is 12.7. The molecule has 4 heteroatoms. The second-order valence-electron chi connectivity index (χ2n) is 6.70. The Balaban J connectivity index is 2.29. The Morgan fingerprint density at radius 1 is 1.45 bits per heavy atom. The van der Waals surface area contributed by atoms with E-state index in [0.717, 1.165) is 12.1 Å². The molecular formula is C16H24N2O2. The van der Waals surface area contributed by atoms with Crippen molar-refractivity contribution in [2.45, 2.75) is 58.9 Å². The summed E-state index contributed by atoms with van der Waals surface area (Å²) in [5, 5.41) is 12.7. The smallest absolute Gasteiger partial charge is 0.335 e. The minimum Gasteiger partial charge on any atom is -0.478 e. The fourth-order valence-corrected chi connectivity index (χ4v) is 2.82. The summed E-state index contributed by atoms with van der Waals surface area (Å²) < 4.78 is 0. The van der Waals surface area contributed by atoms with Gasteiger partial charge in [0.15, 0.2) is 0 Å². The lowest BCUT2D eigenvalue weighted by molar-refractivity contribution is 0.0696. The lowest BCUT2D eigenvalue weighted by Crippen LogP contribution is -2.31. The minimum absolute atomic E-state index is 0.214. The molecule has 1 aromatic rings. The topological polar surface area (TPSA) is 62.2 Å². The maximum atomic E-state index is 11.2. The molecule has 0 aromatic carbocycles. The van der Waals surface area contributed by atoms with Gasteiger partial charge in [0.25, 0.3) is 0 Å². The number of rotatable bonds is 4. The second-order valence-corrected chi connectivity index (χ2v) is 6.70. The standard InChI is InChI=1S/C16H24N2O2/c1-10(2)12-8-11(15(19)20)9-14(17-12)18-13-6-5-7-16(13,3)4/h8-10,13H,5-7H2,1-4H3,(H,17,18)(H,19,20). The Morgan fingerprint density at radius 2 is 2.15 bits per heavy atom. The summed E-state index contributed by atoms with van der Waals surface area (Å²) in [4.78, 5) is 15.8. The first kappa shape index (κ1) is 14.8. The molecular weight excluding hydrogens is 252 g/mol. The van der Waals surface area contributed by atoms with E-state index >= 15 is 0 Å². The van der Waals surface area contributed by atoms with Gasteiger partial charge in [-0.2, -0.15) is 0 Å². The summed E-state index contributed by atoms with van der Waals surface area (Å²) in [5.41, 5.74) is 1.36. The number of hydrogen-bond donors (Lipinski definition) is 2. The highest BCUT2D eigenvalue weighted by Crippen LogP contribution is 2.39. The molecule has 0 amide bonds. The van der Waals surface area contributed by atoms with Crippen LogP contribution in [-0.2, 0) is 0 Å². The van der Waals surface area contributed by atoms with Gasteiger partial charge in [0.05, 0.1) is 5.56 Å². The van der Waals surface area contributed by atoms with Crippen molar-refractivity contribution in [3.8, 4) is 0 Å². The van der Waals surface area contributed by atoms with Crippen molar-refractivity contribution in [2.24, 2.45) is 5.41 Å². The number of aromatic carboxylic acids is 1. The lowest BCUT2D eigenvalue weighted by atomic mass is 9.87. The summed E-state index contributed by atoms with van der Waals surface area (Å²) >= 11 is 0. The van der Waals surface area contributed by atoms with E-state index in [4.69, 9.17) is 0 Å². The van der Waals surface area contributed by atoms with Crippen molar-refractivity contribution < 1.29 is 9.90 Å². The van der Waals surface area contributed by atoms with Crippen LogP contribution in [0.3, 0.4) is 0 Å². The molecule has 0 spiro atoms. The fourth-order valence-electron chi connectivity index (χ4n) is 2.82. The first-order valence-electron chi connectivity index (χ1n) is 7.31. The molecule has 1 heterocycles. The number of hydrogen-bond acceptors (Lipinski definition) is 3. The van der Waals surface area contributed by atoms with Crippen molar-refractivity contribution >= 4 is 11.8 Å². The van der Waals surface area contributed by atoms with E-state index in [0.29, 0.717) is 17.4 Å². The first-order chi connectivity index (χ1) is 9.29. The van der Waals surface area contributed by atoms with Gasteiger partial charge in [0.2, 0.25) is 0 Å². The van der Waals surface area contributed by atoms with Crippen molar-refractivity contribution in [3.63, 3.8) is 0 Å². The van der Waals surface area contributed by atoms with Gasteiger partial charge in [-0.15, -0.1) is 0 Å². The summed E-state index contributed by atoms with van der Waals surface area (Å²) in [6.45, 7) is 8.55. The summed E-state index contributed by atoms with van der Waals surface area (Å²) in [6, 6.07) is 3.67.